The zero-order valence-electron chi connectivity index (χ0n) is 9.62. The molecular formula is C11H14F2N2O2S. The molecule has 1 aromatic heterocycles. The summed E-state index contributed by atoms with van der Waals surface area (Å²) in [5, 5.41) is 5.90. The molecular weight excluding hydrogens is 262 g/mol. The van der Waals surface area contributed by atoms with Crippen molar-refractivity contribution in [3.05, 3.63) is 23.7 Å². The Kier molecular flexibility index (Phi) is 4.60. The summed E-state index contributed by atoms with van der Waals surface area (Å²) < 4.78 is 29.4. The summed E-state index contributed by atoms with van der Waals surface area (Å²) in [6, 6.07) is 3.57. The van der Waals surface area contributed by atoms with Crippen molar-refractivity contribution >= 4 is 17.7 Å². The molecule has 1 amide bonds. The summed E-state index contributed by atoms with van der Waals surface area (Å²) in [7, 11) is 0. The number of nitrogens with one attached hydrogen (secondary N) is 2. The fourth-order valence-electron chi connectivity index (χ4n) is 1.73. The molecule has 2 heterocycles. The van der Waals surface area contributed by atoms with Crippen LogP contribution in [0.25, 0.3) is 0 Å². The van der Waals surface area contributed by atoms with Gasteiger partial charge in [-0.25, -0.2) is 0 Å². The molecule has 2 rings (SSSR count). The molecule has 4 nitrogen and oxygen atoms in total. The van der Waals surface area contributed by atoms with E-state index in [1.807, 2.05) is 0 Å². The first-order chi connectivity index (χ1) is 8.63. The predicted octanol–water partition coefficient (Wildman–Crippen LogP) is 1.71. The molecule has 18 heavy (non-hydrogen) atoms. The van der Waals surface area contributed by atoms with Crippen LogP contribution < -0.4 is 10.6 Å². The molecule has 1 unspecified atom stereocenters. The zero-order chi connectivity index (χ0) is 13.0. The average Bonchev–Trinajstić information content (AvgIpc) is 2.93. The van der Waals surface area contributed by atoms with Gasteiger partial charge < -0.3 is 15.1 Å². The lowest BCUT2D eigenvalue weighted by molar-refractivity contribution is -0.119. The third kappa shape index (κ3) is 3.99. The number of carbonyl (C=O) groups excluding carboxylic acids is 1. The van der Waals surface area contributed by atoms with Crippen LogP contribution in [0.2, 0.25) is 0 Å². The van der Waals surface area contributed by atoms with Crippen LogP contribution >= 0.6 is 11.8 Å². The molecule has 0 saturated carbocycles. The Bertz CT molecular complexity index is 412. The molecule has 0 aromatic carbocycles. The molecule has 1 saturated heterocycles. The van der Waals surface area contributed by atoms with Crippen LogP contribution in [0.4, 0.5) is 8.78 Å². The normalized spacial score (nSPS) is 19.5. The van der Waals surface area contributed by atoms with Crippen molar-refractivity contribution in [3.63, 3.8) is 0 Å². The van der Waals surface area contributed by atoms with E-state index in [1.165, 1.54) is 0 Å². The number of amides is 1. The maximum Gasteiger partial charge on any atom is 0.284 e. The summed E-state index contributed by atoms with van der Waals surface area (Å²) in [5.74, 6) is -0.939. The molecule has 1 aromatic rings. The van der Waals surface area contributed by atoms with E-state index < -0.39 is 5.76 Å². The van der Waals surface area contributed by atoms with Gasteiger partial charge in [0.1, 0.15) is 11.5 Å². The Morgan fingerprint density at radius 1 is 1.50 bits per heavy atom. The molecule has 100 valence electrons. The van der Waals surface area contributed by atoms with E-state index in [9.17, 15) is 13.6 Å². The van der Waals surface area contributed by atoms with Crippen LogP contribution in [0.1, 0.15) is 17.9 Å². The van der Waals surface area contributed by atoms with Crippen LogP contribution in [-0.4, -0.2) is 24.3 Å². The molecule has 7 heteroatoms. The highest BCUT2D eigenvalue weighted by molar-refractivity contribution is 7.98. The summed E-state index contributed by atoms with van der Waals surface area (Å²) in [6.07, 6.45) is 0.467. The number of alkyl halides is 2. The summed E-state index contributed by atoms with van der Waals surface area (Å²) >= 11 is 0.539. The Labute approximate surface area is 107 Å². The predicted molar refractivity (Wildman–Crippen MR) is 64.3 cm³/mol. The van der Waals surface area contributed by atoms with Gasteiger partial charge in [0.05, 0.1) is 12.3 Å². The fourth-order valence-corrected chi connectivity index (χ4v) is 2.18. The van der Waals surface area contributed by atoms with E-state index >= 15 is 0 Å². The van der Waals surface area contributed by atoms with Crippen molar-refractivity contribution in [2.24, 2.45) is 0 Å². The minimum Gasteiger partial charge on any atom is -0.464 e. The average molecular weight is 276 g/mol. The van der Waals surface area contributed by atoms with Crippen molar-refractivity contribution in [2.75, 3.05) is 6.54 Å². The molecule has 0 bridgehead atoms. The first kappa shape index (κ1) is 13.4. The number of thioether (sulfide) groups is 1. The van der Waals surface area contributed by atoms with E-state index in [1.54, 1.807) is 12.1 Å². The first-order valence-electron chi connectivity index (χ1n) is 5.61. The van der Waals surface area contributed by atoms with Crippen molar-refractivity contribution in [2.45, 2.75) is 30.5 Å². The second-order valence-electron chi connectivity index (χ2n) is 4.03. The van der Waals surface area contributed by atoms with E-state index in [-0.39, 0.29) is 17.7 Å². The van der Waals surface area contributed by atoms with Crippen LogP contribution in [-0.2, 0) is 17.1 Å². The number of furan rings is 1. The van der Waals surface area contributed by atoms with E-state index in [0.29, 0.717) is 42.8 Å². The largest absolute Gasteiger partial charge is 0.464 e. The van der Waals surface area contributed by atoms with Gasteiger partial charge in [-0.2, -0.15) is 8.78 Å². The molecule has 2 N–H and O–H groups in total. The van der Waals surface area contributed by atoms with Gasteiger partial charge in [0, 0.05) is 19.0 Å². The molecule has 1 aliphatic heterocycles. The van der Waals surface area contributed by atoms with Gasteiger partial charge in [0.2, 0.25) is 5.91 Å². The minimum atomic E-state index is -2.38. The minimum absolute atomic E-state index is 0.0426. The Balaban J connectivity index is 1.74. The smallest absolute Gasteiger partial charge is 0.284 e. The number of hydrogen-bond donors (Lipinski definition) is 2. The van der Waals surface area contributed by atoms with Gasteiger partial charge in [0.25, 0.3) is 5.76 Å². The monoisotopic (exact) mass is 276 g/mol. The van der Waals surface area contributed by atoms with Crippen molar-refractivity contribution in [3.8, 4) is 0 Å². The van der Waals surface area contributed by atoms with Crippen LogP contribution in [0.3, 0.4) is 0 Å². The van der Waals surface area contributed by atoms with Gasteiger partial charge in [-0.3, -0.25) is 4.79 Å². The highest BCUT2D eigenvalue weighted by atomic mass is 32.2. The lowest BCUT2D eigenvalue weighted by atomic mass is 10.2. The number of carbonyl (C=O) groups is 1. The van der Waals surface area contributed by atoms with Gasteiger partial charge >= 0.3 is 0 Å². The number of hydrogen-bond acceptors (Lipinski definition) is 4. The molecule has 0 radical (unpaired) electrons. The fraction of sp³-hybridized carbons (Fsp3) is 0.545. The lowest BCUT2D eigenvalue weighted by Crippen LogP contribution is -2.30. The highest BCUT2D eigenvalue weighted by Crippen LogP contribution is 2.21. The van der Waals surface area contributed by atoms with E-state index in [0.717, 1.165) is 0 Å². The Morgan fingerprint density at radius 3 is 2.94 bits per heavy atom. The summed E-state index contributed by atoms with van der Waals surface area (Å²) in [5.41, 5.74) is 0. The van der Waals surface area contributed by atoms with Crippen LogP contribution in [0.5, 0.6) is 0 Å². The highest BCUT2D eigenvalue weighted by Gasteiger charge is 2.20. The molecule has 0 spiro atoms. The van der Waals surface area contributed by atoms with Crippen LogP contribution in [0.15, 0.2) is 16.5 Å². The van der Waals surface area contributed by atoms with Crippen molar-refractivity contribution in [1.29, 1.82) is 0 Å². The van der Waals surface area contributed by atoms with E-state index in [2.05, 4.69) is 10.6 Å². The van der Waals surface area contributed by atoms with Gasteiger partial charge in [-0.1, -0.05) is 11.8 Å². The summed E-state index contributed by atoms with van der Waals surface area (Å²) in [6.45, 7) is 1.12. The Hall–Kier alpha value is -1.08. The number of rotatable bonds is 6. The molecule has 1 aliphatic rings. The molecule has 1 atom stereocenters. The van der Waals surface area contributed by atoms with Gasteiger partial charge in [-0.15, -0.1) is 0 Å². The Morgan fingerprint density at radius 2 is 2.28 bits per heavy atom. The maximum absolute atomic E-state index is 12.0. The zero-order valence-corrected chi connectivity index (χ0v) is 10.4. The van der Waals surface area contributed by atoms with Crippen molar-refractivity contribution in [1.82, 2.24) is 10.6 Å². The third-order valence-corrected chi connectivity index (χ3v) is 3.31. The number of halogens is 2. The molecule has 1 fully saturated rings. The topological polar surface area (TPSA) is 54.3 Å². The second kappa shape index (κ2) is 6.19. The third-order valence-electron chi connectivity index (χ3n) is 2.61. The maximum atomic E-state index is 12.0. The first-order valence-corrected chi connectivity index (χ1v) is 6.66. The van der Waals surface area contributed by atoms with Gasteiger partial charge in [-0.05, 0) is 12.1 Å². The van der Waals surface area contributed by atoms with Crippen LogP contribution in [0, 0.1) is 0 Å². The SMILES string of the molecule is O=C1CC(NCc2ccc(CSC(F)F)o2)CN1. The molecule has 0 aliphatic carbocycles. The second-order valence-corrected chi connectivity index (χ2v) is 5.00. The lowest BCUT2D eigenvalue weighted by Gasteiger charge is -2.07. The standard InChI is InChI=1S/C11H14F2N2O2S/c12-11(13)18-6-9-2-1-8(17-9)5-14-7-3-10(16)15-4-7/h1-2,7,11,14H,3-6H2,(H,15,16). The van der Waals surface area contributed by atoms with E-state index in [4.69, 9.17) is 4.42 Å². The van der Waals surface area contributed by atoms with Gasteiger partial charge in [0.15, 0.2) is 0 Å². The quantitative estimate of drug-likeness (QED) is 0.830. The van der Waals surface area contributed by atoms with Crippen molar-refractivity contribution < 1.29 is 18.0 Å². The summed E-state index contributed by atoms with van der Waals surface area (Å²) in [4.78, 5) is 11.0.